The Morgan fingerprint density at radius 3 is 2.75 bits per heavy atom. The van der Waals surface area contributed by atoms with Crippen LogP contribution in [0.4, 0.5) is 4.39 Å². The standard InChI is InChI=1S/C13H13ClFN/c1-8(2)6-9-7-11-10(13(14)16-9)4-3-5-12(11)15/h3-5,7-8H,6H2,1-2H3. The van der Waals surface area contributed by atoms with Crippen molar-refractivity contribution in [3.8, 4) is 0 Å². The molecule has 0 amide bonds. The van der Waals surface area contributed by atoms with Crippen molar-refractivity contribution in [2.24, 2.45) is 5.92 Å². The lowest BCUT2D eigenvalue weighted by Gasteiger charge is -2.07. The molecule has 16 heavy (non-hydrogen) atoms. The second-order valence-electron chi connectivity index (χ2n) is 4.34. The number of hydrogen-bond acceptors (Lipinski definition) is 1. The molecule has 2 aromatic rings. The number of hydrogen-bond donors (Lipinski definition) is 0. The van der Waals surface area contributed by atoms with Crippen LogP contribution in [0.1, 0.15) is 19.5 Å². The Kier molecular flexibility index (Phi) is 3.10. The quantitative estimate of drug-likeness (QED) is 0.713. The summed E-state index contributed by atoms with van der Waals surface area (Å²) in [5.41, 5.74) is 0.845. The zero-order valence-corrected chi connectivity index (χ0v) is 10.1. The third kappa shape index (κ3) is 2.17. The van der Waals surface area contributed by atoms with E-state index < -0.39 is 0 Å². The van der Waals surface area contributed by atoms with Crippen molar-refractivity contribution >= 4 is 22.4 Å². The zero-order chi connectivity index (χ0) is 11.7. The maximum atomic E-state index is 13.6. The van der Waals surface area contributed by atoms with Gasteiger partial charge in [-0.15, -0.1) is 0 Å². The lowest BCUT2D eigenvalue weighted by Crippen LogP contribution is -1.98. The molecule has 2 rings (SSSR count). The van der Waals surface area contributed by atoms with Crippen molar-refractivity contribution in [3.05, 3.63) is 40.9 Å². The molecule has 1 heterocycles. The van der Waals surface area contributed by atoms with Gasteiger partial charge < -0.3 is 0 Å². The first-order valence-electron chi connectivity index (χ1n) is 5.31. The third-order valence-corrected chi connectivity index (χ3v) is 2.73. The van der Waals surface area contributed by atoms with Gasteiger partial charge >= 0.3 is 0 Å². The summed E-state index contributed by atoms with van der Waals surface area (Å²) in [4.78, 5) is 4.28. The van der Waals surface area contributed by atoms with Crippen LogP contribution in [0.5, 0.6) is 0 Å². The summed E-state index contributed by atoms with van der Waals surface area (Å²) >= 11 is 6.04. The second-order valence-corrected chi connectivity index (χ2v) is 4.70. The van der Waals surface area contributed by atoms with Crippen LogP contribution in [0.3, 0.4) is 0 Å². The maximum absolute atomic E-state index is 13.6. The first-order chi connectivity index (χ1) is 7.58. The van der Waals surface area contributed by atoms with Crippen LogP contribution in [-0.2, 0) is 6.42 Å². The molecule has 0 unspecified atom stereocenters. The van der Waals surface area contributed by atoms with E-state index in [1.165, 1.54) is 6.07 Å². The van der Waals surface area contributed by atoms with Gasteiger partial charge in [-0.05, 0) is 24.5 Å². The Labute approximate surface area is 99.3 Å². The second kappa shape index (κ2) is 4.38. The number of aromatic nitrogens is 1. The predicted molar refractivity (Wildman–Crippen MR) is 65.3 cm³/mol. The highest BCUT2D eigenvalue weighted by molar-refractivity contribution is 6.34. The molecule has 0 aliphatic rings. The number of fused-ring (bicyclic) bond motifs is 1. The lowest BCUT2D eigenvalue weighted by molar-refractivity contribution is 0.630. The fraction of sp³-hybridized carbons (Fsp3) is 0.308. The molecule has 0 N–H and O–H groups in total. The summed E-state index contributed by atoms with van der Waals surface area (Å²) in [6.45, 7) is 4.20. The monoisotopic (exact) mass is 237 g/mol. The van der Waals surface area contributed by atoms with Gasteiger partial charge in [-0.2, -0.15) is 0 Å². The van der Waals surface area contributed by atoms with E-state index in [9.17, 15) is 4.39 Å². The molecule has 0 saturated carbocycles. The summed E-state index contributed by atoms with van der Waals surface area (Å²) in [6, 6.07) is 6.66. The van der Waals surface area contributed by atoms with Crippen molar-refractivity contribution < 1.29 is 4.39 Å². The summed E-state index contributed by atoms with van der Waals surface area (Å²) in [5, 5.41) is 1.61. The van der Waals surface area contributed by atoms with E-state index >= 15 is 0 Å². The zero-order valence-electron chi connectivity index (χ0n) is 9.30. The molecule has 1 nitrogen and oxygen atoms in total. The fourth-order valence-corrected chi connectivity index (χ4v) is 2.05. The van der Waals surface area contributed by atoms with Crippen molar-refractivity contribution in [1.82, 2.24) is 4.98 Å². The number of nitrogens with zero attached hydrogens (tertiary/aromatic N) is 1. The maximum Gasteiger partial charge on any atom is 0.137 e. The van der Waals surface area contributed by atoms with Gasteiger partial charge in [0, 0.05) is 16.5 Å². The average molecular weight is 238 g/mol. The van der Waals surface area contributed by atoms with Gasteiger partial charge in [-0.1, -0.05) is 37.6 Å². The topological polar surface area (TPSA) is 12.9 Å². The highest BCUT2D eigenvalue weighted by Crippen LogP contribution is 2.25. The first-order valence-corrected chi connectivity index (χ1v) is 5.69. The molecular weight excluding hydrogens is 225 g/mol. The van der Waals surface area contributed by atoms with E-state index in [2.05, 4.69) is 18.8 Å². The molecule has 3 heteroatoms. The molecule has 0 saturated heterocycles. The van der Waals surface area contributed by atoms with Gasteiger partial charge in [-0.25, -0.2) is 9.37 Å². The molecule has 0 aliphatic carbocycles. The summed E-state index contributed by atoms with van der Waals surface area (Å²) in [7, 11) is 0. The minimum Gasteiger partial charge on any atom is -0.240 e. The van der Waals surface area contributed by atoms with E-state index in [-0.39, 0.29) is 5.82 Å². The van der Waals surface area contributed by atoms with Crippen LogP contribution < -0.4 is 0 Å². The normalized spacial score (nSPS) is 11.3. The molecular formula is C13H13ClFN. The molecule has 1 aromatic heterocycles. The molecule has 0 radical (unpaired) electrons. The first kappa shape index (κ1) is 11.3. The molecule has 0 atom stereocenters. The van der Waals surface area contributed by atoms with E-state index in [4.69, 9.17) is 11.6 Å². The van der Waals surface area contributed by atoms with Gasteiger partial charge in [0.05, 0.1) is 0 Å². The third-order valence-electron chi connectivity index (χ3n) is 2.45. The Morgan fingerprint density at radius 2 is 2.06 bits per heavy atom. The van der Waals surface area contributed by atoms with E-state index in [1.807, 2.05) is 0 Å². The Bertz CT molecular complexity index is 523. The minimum absolute atomic E-state index is 0.244. The van der Waals surface area contributed by atoms with Gasteiger partial charge in [0.15, 0.2) is 0 Å². The van der Waals surface area contributed by atoms with Crippen LogP contribution >= 0.6 is 11.6 Å². The summed E-state index contributed by atoms with van der Waals surface area (Å²) < 4.78 is 13.6. The summed E-state index contributed by atoms with van der Waals surface area (Å²) in [6.07, 6.45) is 0.810. The van der Waals surface area contributed by atoms with Crippen LogP contribution in [0, 0.1) is 11.7 Å². The Hall–Kier alpha value is -1.15. The van der Waals surface area contributed by atoms with Gasteiger partial charge in [0.25, 0.3) is 0 Å². The lowest BCUT2D eigenvalue weighted by atomic mass is 10.1. The van der Waals surface area contributed by atoms with E-state index in [1.54, 1.807) is 18.2 Å². The summed E-state index contributed by atoms with van der Waals surface area (Å²) in [5.74, 6) is 0.236. The Morgan fingerprint density at radius 1 is 1.31 bits per heavy atom. The number of pyridine rings is 1. The van der Waals surface area contributed by atoms with Crippen LogP contribution in [0.15, 0.2) is 24.3 Å². The van der Waals surface area contributed by atoms with Crippen LogP contribution in [0.25, 0.3) is 10.8 Å². The minimum atomic E-state index is -0.244. The Balaban J connectivity index is 2.61. The van der Waals surface area contributed by atoms with Crippen molar-refractivity contribution in [2.75, 3.05) is 0 Å². The molecule has 0 spiro atoms. The number of halogens is 2. The van der Waals surface area contributed by atoms with E-state index in [0.717, 1.165) is 12.1 Å². The largest absolute Gasteiger partial charge is 0.240 e. The molecule has 84 valence electrons. The highest BCUT2D eigenvalue weighted by Gasteiger charge is 2.08. The number of benzene rings is 1. The average Bonchev–Trinajstić information content (AvgIpc) is 2.19. The molecule has 0 aliphatic heterocycles. The molecule has 1 aromatic carbocycles. The number of rotatable bonds is 2. The van der Waals surface area contributed by atoms with Crippen LogP contribution in [-0.4, -0.2) is 4.98 Å². The van der Waals surface area contributed by atoms with Crippen molar-refractivity contribution in [3.63, 3.8) is 0 Å². The highest BCUT2D eigenvalue weighted by atomic mass is 35.5. The smallest absolute Gasteiger partial charge is 0.137 e. The fourth-order valence-electron chi connectivity index (χ4n) is 1.77. The SMILES string of the molecule is CC(C)Cc1cc2c(F)cccc2c(Cl)n1. The molecule has 0 bridgehead atoms. The van der Waals surface area contributed by atoms with Crippen molar-refractivity contribution in [1.29, 1.82) is 0 Å². The van der Waals surface area contributed by atoms with Crippen molar-refractivity contribution in [2.45, 2.75) is 20.3 Å². The predicted octanol–water partition coefficient (Wildman–Crippen LogP) is 4.23. The van der Waals surface area contributed by atoms with Gasteiger partial charge in [0.1, 0.15) is 11.0 Å². The van der Waals surface area contributed by atoms with Gasteiger partial charge in [-0.3, -0.25) is 0 Å². The molecule has 0 fully saturated rings. The van der Waals surface area contributed by atoms with E-state index in [0.29, 0.717) is 21.8 Å². The van der Waals surface area contributed by atoms with Crippen LogP contribution in [0.2, 0.25) is 5.15 Å². The van der Waals surface area contributed by atoms with Gasteiger partial charge in [0.2, 0.25) is 0 Å².